The summed E-state index contributed by atoms with van der Waals surface area (Å²) in [5.74, 6) is 0. The highest BCUT2D eigenvalue weighted by molar-refractivity contribution is 9.10. The number of nitrogens with zero attached hydrogens (tertiary/aromatic N) is 3. The summed E-state index contributed by atoms with van der Waals surface area (Å²) in [4.78, 5) is 4.60. The van der Waals surface area contributed by atoms with Crippen LogP contribution in [-0.2, 0) is 0 Å². The van der Waals surface area contributed by atoms with Crippen molar-refractivity contribution in [1.82, 2.24) is 4.90 Å². The summed E-state index contributed by atoms with van der Waals surface area (Å²) in [6.07, 6.45) is 2.53. The molecule has 1 aliphatic rings. The largest absolute Gasteiger partial charge is 0.372 e. The quantitative estimate of drug-likeness (QED) is 0.860. The van der Waals surface area contributed by atoms with Gasteiger partial charge in [0.15, 0.2) is 0 Å². The monoisotopic (exact) mass is 307 g/mol. The second kappa shape index (κ2) is 5.73. The lowest BCUT2D eigenvalue weighted by Gasteiger charge is -2.28. The zero-order valence-electron chi connectivity index (χ0n) is 10.9. The zero-order valence-corrected chi connectivity index (χ0v) is 12.4. The van der Waals surface area contributed by atoms with Gasteiger partial charge in [-0.05, 0) is 44.6 Å². The standard InChI is InChI=1S/C14H18BrN3/c1-17-7-3-4-13(17)10-18(2)14-6-5-12(15)8-11(14)9-16/h5-6,8,13H,3-4,7,10H2,1-2H3. The van der Waals surface area contributed by atoms with Crippen LogP contribution in [0.4, 0.5) is 5.69 Å². The lowest BCUT2D eigenvalue weighted by Crippen LogP contribution is -2.36. The first-order valence-corrected chi connectivity index (χ1v) is 7.02. The Hall–Kier alpha value is -1.05. The topological polar surface area (TPSA) is 30.3 Å². The molecule has 0 N–H and O–H groups in total. The van der Waals surface area contributed by atoms with Crippen molar-refractivity contribution in [2.45, 2.75) is 18.9 Å². The summed E-state index contributed by atoms with van der Waals surface area (Å²) in [5, 5.41) is 9.20. The Bertz CT molecular complexity index is 467. The van der Waals surface area contributed by atoms with Gasteiger partial charge in [0.2, 0.25) is 0 Å². The van der Waals surface area contributed by atoms with Gasteiger partial charge in [0.25, 0.3) is 0 Å². The van der Waals surface area contributed by atoms with Crippen molar-refractivity contribution in [1.29, 1.82) is 5.26 Å². The molecule has 1 saturated heterocycles. The number of likely N-dealkylation sites (tertiary alicyclic amines) is 1. The number of hydrogen-bond acceptors (Lipinski definition) is 3. The van der Waals surface area contributed by atoms with E-state index in [0.717, 1.165) is 22.3 Å². The Kier molecular flexibility index (Phi) is 4.26. The number of nitriles is 1. The van der Waals surface area contributed by atoms with E-state index in [2.05, 4.69) is 45.9 Å². The van der Waals surface area contributed by atoms with E-state index in [1.807, 2.05) is 18.2 Å². The molecule has 0 spiro atoms. The van der Waals surface area contributed by atoms with Crippen LogP contribution < -0.4 is 4.90 Å². The second-order valence-electron chi connectivity index (χ2n) is 4.93. The van der Waals surface area contributed by atoms with Crippen LogP contribution in [0.5, 0.6) is 0 Å². The van der Waals surface area contributed by atoms with Crippen LogP contribution in [0.25, 0.3) is 0 Å². The first-order valence-electron chi connectivity index (χ1n) is 6.23. The number of anilines is 1. The van der Waals surface area contributed by atoms with Crippen molar-refractivity contribution < 1.29 is 0 Å². The van der Waals surface area contributed by atoms with E-state index < -0.39 is 0 Å². The van der Waals surface area contributed by atoms with E-state index in [9.17, 15) is 5.26 Å². The van der Waals surface area contributed by atoms with E-state index in [0.29, 0.717) is 6.04 Å². The summed E-state index contributed by atoms with van der Waals surface area (Å²) in [5.41, 5.74) is 1.74. The Labute approximate surface area is 117 Å². The smallest absolute Gasteiger partial charge is 0.101 e. The van der Waals surface area contributed by atoms with E-state index >= 15 is 0 Å². The maximum Gasteiger partial charge on any atom is 0.101 e. The molecule has 3 nitrogen and oxygen atoms in total. The molecule has 0 radical (unpaired) electrons. The maximum absolute atomic E-state index is 9.20. The fourth-order valence-electron chi connectivity index (χ4n) is 2.56. The van der Waals surface area contributed by atoms with Gasteiger partial charge in [-0.2, -0.15) is 5.26 Å². The molecule has 96 valence electrons. The van der Waals surface area contributed by atoms with Crippen molar-refractivity contribution in [3.8, 4) is 6.07 Å². The van der Waals surface area contributed by atoms with E-state index in [1.165, 1.54) is 19.4 Å². The third-order valence-electron chi connectivity index (χ3n) is 3.65. The highest BCUT2D eigenvalue weighted by Crippen LogP contribution is 2.25. The molecule has 1 heterocycles. The Morgan fingerprint density at radius 3 is 2.94 bits per heavy atom. The maximum atomic E-state index is 9.20. The fourth-order valence-corrected chi connectivity index (χ4v) is 2.92. The van der Waals surface area contributed by atoms with Crippen LogP contribution in [0.1, 0.15) is 18.4 Å². The van der Waals surface area contributed by atoms with Gasteiger partial charge in [-0.25, -0.2) is 0 Å². The minimum atomic E-state index is 0.602. The molecule has 0 aromatic heterocycles. The molecule has 1 unspecified atom stereocenters. The molecule has 0 amide bonds. The Morgan fingerprint density at radius 1 is 1.56 bits per heavy atom. The van der Waals surface area contributed by atoms with Crippen molar-refractivity contribution >= 4 is 21.6 Å². The number of halogens is 1. The molecule has 2 rings (SSSR count). The summed E-state index contributed by atoms with van der Waals surface area (Å²) in [6, 6.07) is 8.75. The first kappa shape index (κ1) is 13.4. The van der Waals surface area contributed by atoms with Gasteiger partial charge in [-0.1, -0.05) is 15.9 Å². The van der Waals surface area contributed by atoms with Gasteiger partial charge in [-0.15, -0.1) is 0 Å². The lowest BCUT2D eigenvalue weighted by molar-refractivity contribution is 0.314. The van der Waals surface area contributed by atoms with E-state index in [-0.39, 0.29) is 0 Å². The van der Waals surface area contributed by atoms with Crippen LogP contribution in [-0.4, -0.2) is 38.1 Å². The van der Waals surface area contributed by atoms with Gasteiger partial charge in [0.05, 0.1) is 11.3 Å². The highest BCUT2D eigenvalue weighted by atomic mass is 79.9. The van der Waals surface area contributed by atoms with Crippen molar-refractivity contribution in [2.24, 2.45) is 0 Å². The molecule has 0 bridgehead atoms. The average Bonchev–Trinajstić information content (AvgIpc) is 2.74. The van der Waals surface area contributed by atoms with Crippen molar-refractivity contribution in [3.63, 3.8) is 0 Å². The molecule has 4 heteroatoms. The lowest BCUT2D eigenvalue weighted by atomic mass is 10.1. The summed E-state index contributed by atoms with van der Waals surface area (Å²) >= 11 is 3.41. The molecule has 18 heavy (non-hydrogen) atoms. The summed E-state index contributed by atoms with van der Waals surface area (Å²) in [7, 11) is 4.24. The van der Waals surface area contributed by atoms with Gasteiger partial charge in [0.1, 0.15) is 6.07 Å². The third-order valence-corrected chi connectivity index (χ3v) is 4.14. The number of likely N-dealkylation sites (N-methyl/N-ethyl adjacent to an activating group) is 2. The van der Waals surface area contributed by atoms with E-state index in [4.69, 9.17) is 0 Å². The number of hydrogen-bond donors (Lipinski definition) is 0. The molecule has 1 aromatic rings. The molecular formula is C14H18BrN3. The minimum Gasteiger partial charge on any atom is -0.372 e. The predicted molar refractivity (Wildman–Crippen MR) is 77.8 cm³/mol. The predicted octanol–water partition coefficient (Wildman–Crippen LogP) is 2.85. The molecule has 1 aliphatic heterocycles. The summed E-state index contributed by atoms with van der Waals surface area (Å²) < 4.78 is 0.953. The molecule has 0 aliphatic carbocycles. The van der Waals surface area contributed by atoms with Crippen LogP contribution in [0.2, 0.25) is 0 Å². The van der Waals surface area contributed by atoms with Crippen molar-refractivity contribution in [3.05, 3.63) is 28.2 Å². The molecule has 1 atom stereocenters. The fraction of sp³-hybridized carbons (Fsp3) is 0.500. The van der Waals surface area contributed by atoms with Crippen LogP contribution in [0.3, 0.4) is 0 Å². The van der Waals surface area contributed by atoms with E-state index in [1.54, 1.807) is 0 Å². The van der Waals surface area contributed by atoms with Gasteiger partial charge < -0.3 is 9.80 Å². The minimum absolute atomic E-state index is 0.602. The normalized spacial score (nSPS) is 19.8. The molecule has 0 saturated carbocycles. The third kappa shape index (κ3) is 2.85. The summed E-state index contributed by atoms with van der Waals surface area (Å²) in [6.45, 7) is 2.16. The van der Waals surface area contributed by atoms with Gasteiger partial charge in [-0.3, -0.25) is 0 Å². The van der Waals surface area contributed by atoms with Crippen LogP contribution >= 0.6 is 15.9 Å². The average molecular weight is 308 g/mol. The number of rotatable bonds is 3. The number of benzene rings is 1. The van der Waals surface area contributed by atoms with Gasteiger partial charge >= 0.3 is 0 Å². The molecule has 1 aromatic carbocycles. The first-order chi connectivity index (χ1) is 8.61. The van der Waals surface area contributed by atoms with Crippen LogP contribution in [0, 0.1) is 11.3 Å². The second-order valence-corrected chi connectivity index (χ2v) is 5.85. The molecular weight excluding hydrogens is 290 g/mol. The Morgan fingerprint density at radius 2 is 2.33 bits per heavy atom. The van der Waals surface area contributed by atoms with Crippen LogP contribution in [0.15, 0.2) is 22.7 Å². The highest BCUT2D eigenvalue weighted by Gasteiger charge is 2.22. The zero-order chi connectivity index (χ0) is 13.1. The SMILES string of the molecule is CN(CC1CCCN1C)c1ccc(Br)cc1C#N. The van der Waals surface area contributed by atoms with Crippen molar-refractivity contribution in [2.75, 3.05) is 32.1 Å². The van der Waals surface area contributed by atoms with Gasteiger partial charge in [0, 0.05) is 24.1 Å². The Balaban J connectivity index is 2.13. The molecule has 1 fully saturated rings.